The van der Waals surface area contributed by atoms with Crippen molar-refractivity contribution in [2.45, 2.75) is 13.0 Å². The Morgan fingerprint density at radius 1 is 1.13 bits per heavy atom. The minimum Gasteiger partial charge on any atom is -0.465 e. The van der Waals surface area contributed by atoms with Gasteiger partial charge in [-0.3, -0.25) is 9.89 Å². The third-order valence-electron chi connectivity index (χ3n) is 5.11. The van der Waals surface area contributed by atoms with Crippen LogP contribution < -0.4 is 0 Å². The predicted molar refractivity (Wildman–Crippen MR) is 115 cm³/mol. The fourth-order valence-electron chi connectivity index (χ4n) is 3.45. The lowest BCUT2D eigenvalue weighted by atomic mass is 10.0. The van der Waals surface area contributed by atoms with Crippen molar-refractivity contribution in [3.05, 3.63) is 82.0 Å². The number of nitrogens with zero attached hydrogens (tertiary/aromatic N) is 2. The number of aromatic amines is 1. The first-order valence-electron chi connectivity index (χ1n) is 9.52. The van der Waals surface area contributed by atoms with E-state index in [1.54, 1.807) is 41.3 Å². The van der Waals surface area contributed by atoms with Gasteiger partial charge in [0.2, 0.25) is 5.91 Å². The Bertz CT molecular complexity index is 1100. The summed E-state index contributed by atoms with van der Waals surface area (Å²) in [6, 6.07) is 14.4. The van der Waals surface area contributed by atoms with E-state index >= 15 is 0 Å². The van der Waals surface area contributed by atoms with Crippen LogP contribution in [0, 0.1) is 0 Å². The number of H-pyrrole nitrogens is 1. The molecule has 4 rings (SSSR count). The van der Waals surface area contributed by atoms with Crippen LogP contribution in [0.3, 0.4) is 0 Å². The van der Waals surface area contributed by atoms with E-state index in [1.165, 1.54) is 7.11 Å². The first kappa shape index (κ1) is 19.9. The molecule has 1 N–H and O–H groups in total. The second-order valence-electron chi connectivity index (χ2n) is 6.99. The van der Waals surface area contributed by atoms with Crippen molar-refractivity contribution >= 4 is 29.6 Å². The van der Waals surface area contributed by atoms with E-state index in [0.717, 1.165) is 34.5 Å². The number of halogens is 1. The lowest BCUT2D eigenvalue weighted by Gasteiger charge is -2.26. The number of ether oxygens (including phenoxy) is 1. The number of esters is 1. The summed E-state index contributed by atoms with van der Waals surface area (Å²) < 4.78 is 4.69. The van der Waals surface area contributed by atoms with Crippen LogP contribution in [0.1, 0.15) is 27.2 Å². The zero-order valence-corrected chi connectivity index (χ0v) is 17.1. The Morgan fingerprint density at radius 3 is 2.57 bits per heavy atom. The number of amides is 1. The lowest BCUT2D eigenvalue weighted by Crippen LogP contribution is -2.34. The maximum absolute atomic E-state index is 12.7. The Labute approximate surface area is 179 Å². The van der Waals surface area contributed by atoms with E-state index in [2.05, 4.69) is 10.2 Å². The fourth-order valence-corrected chi connectivity index (χ4v) is 3.58. The van der Waals surface area contributed by atoms with Crippen molar-refractivity contribution in [1.29, 1.82) is 0 Å². The van der Waals surface area contributed by atoms with Crippen LogP contribution in [-0.2, 0) is 22.5 Å². The molecule has 0 saturated carbocycles. The maximum atomic E-state index is 12.7. The van der Waals surface area contributed by atoms with E-state index in [4.69, 9.17) is 16.3 Å². The molecule has 0 spiro atoms. The number of hydrogen-bond donors (Lipinski definition) is 1. The van der Waals surface area contributed by atoms with Crippen molar-refractivity contribution in [3.8, 4) is 11.3 Å². The van der Waals surface area contributed by atoms with E-state index in [9.17, 15) is 9.59 Å². The van der Waals surface area contributed by atoms with Gasteiger partial charge in [-0.2, -0.15) is 5.10 Å². The predicted octanol–water partition coefficient (Wildman–Crippen LogP) is 4.11. The van der Waals surface area contributed by atoms with Gasteiger partial charge in [0.1, 0.15) is 0 Å². The third kappa shape index (κ3) is 4.14. The molecular formula is C23H20ClN3O3. The van der Waals surface area contributed by atoms with Crippen molar-refractivity contribution in [2.24, 2.45) is 0 Å². The first-order chi connectivity index (χ1) is 14.5. The molecular weight excluding hydrogens is 402 g/mol. The molecule has 0 aliphatic carbocycles. The zero-order valence-electron chi connectivity index (χ0n) is 16.4. The Morgan fingerprint density at radius 2 is 1.87 bits per heavy atom. The molecule has 0 unspecified atom stereocenters. The van der Waals surface area contributed by atoms with Crippen molar-refractivity contribution in [2.75, 3.05) is 13.7 Å². The number of methoxy groups -OCH3 is 1. The lowest BCUT2D eigenvalue weighted by molar-refractivity contribution is -0.126. The molecule has 0 bridgehead atoms. The van der Waals surface area contributed by atoms with Gasteiger partial charge in [-0.05, 0) is 35.9 Å². The molecule has 0 fully saturated rings. The van der Waals surface area contributed by atoms with Crippen molar-refractivity contribution < 1.29 is 14.3 Å². The van der Waals surface area contributed by atoms with Gasteiger partial charge in [-0.25, -0.2) is 4.79 Å². The minimum atomic E-state index is -0.387. The molecule has 1 amide bonds. The summed E-state index contributed by atoms with van der Waals surface area (Å²) in [5.41, 5.74) is 5.21. The molecule has 152 valence electrons. The number of benzene rings is 2. The Kier molecular flexibility index (Phi) is 5.68. The highest BCUT2D eigenvalue weighted by Crippen LogP contribution is 2.29. The number of hydrogen-bond acceptors (Lipinski definition) is 4. The van der Waals surface area contributed by atoms with Crippen molar-refractivity contribution in [3.63, 3.8) is 0 Å². The van der Waals surface area contributed by atoms with E-state index < -0.39 is 0 Å². The van der Waals surface area contributed by atoms with Crippen LogP contribution in [0.5, 0.6) is 0 Å². The number of aromatic nitrogens is 2. The Balaban J connectivity index is 1.47. The molecule has 1 aromatic heterocycles. The monoisotopic (exact) mass is 421 g/mol. The third-order valence-corrected chi connectivity index (χ3v) is 5.36. The molecule has 30 heavy (non-hydrogen) atoms. The van der Waals surface area contributed by atoms with E-state index in [1.807, 2.05) is 24.3 Å². The van der Waals surface area contributed by atoms with Gasteiger partial charge in [0, 0.05) is 47.4 Å². The number of carbonyl (C=O) groups is 2. The Hall–Kier alpha value is -3.38. The van der Waals surface area contributed by atoms with Crippen LogP contribution in [0.4, 0.5) is 0 Å². The zero-order chi connectivity index (χ0) is 21.1. The summed E-state index contributed by atoms with van der Waals surface area (Å²) in [7, 11) is 1.34. The molecule has 1 aliphatic heterocycles. The second-order valence-corrected chi connectivity index (χ2v) is 7.43. The maximum Gasteiger partial charge on any atom is 0.337 e. The molecule has 0 radical (unpaired) electrons. The highest BCUT2D eigenvalue weighted by molar-refractivity contribution is 6.30. The van der Waals surface area contributed by atoms with Gasteiger partial charge in [0.25, 0.3) is 0 Å². The number of nitrogens with one attached hydrogen (secondary N) is 1. The van der Waals surface area contributed by atoms with Gasteiger partial charge in [-0.1, -0.05) is 35.9 Å². The number of carbonyl (C=O) groups excluding carboxylic acids is 2. The normalized spacial score (nSPS) is 13.3. The molecule has 0 saturated heterocycles. The van der Waals surface area contributed by atoms with Gasteiger partial charge < -0.3 is 9.64 Å². The van der Waals surface area contributed by atoms with E-state index in [-0.39, 0.29) is 11.9 Å². The fraction of sp³-hybridized carbons (Fsp3) is 0.174. The average Bonchev–Trinajstić information content (AvgIpc) is 3.21. The molecule has 0 atom stereocenters. The summed E-state index contributed by atoms with van der Waals surface area (Å²) in [6.45, 7) is 1.12. The largest absolute Gasteiger partial charge is 0.465 e. The summed E-state index contributed by atoms with van der Waals surface area (Å²) >= 11 is 5.99. The van der Waals surface area contributed by atoms with Gasteiger partial charge >= 0.3 is 5.97 Å². The summed E-state index contributed by atoms with van der Waals surface area (Å²) in [4.78, 5) is 26.0. The molecule has 6 nitrogen and oxygen atoms in total. The van der Waals surface area contributed by atoms with E-state index in [0.29, 0.717) is 23.7 Å². The summed E-state index contributed by atoms with van der Waals surface area (Å²) in [5.74, 6) is -0.455. The van der Waals surface area contributed by atoms with Crippen molar-refractivity contribution in [1.82, 2.24) is 15.1 Å². The standard InChI is InChI=1S/C23H20ClN3O3/c1-30-23(29)17-5-2-15(3-6-17)4-11-21(28)27-13-12-20-19(14-27)22(26-25-20)16-7-9-18(24)10-8-16/h2-11H,12-14H2,1H3,(H,25,26)/b11-4+. The quantitative estimate of drug-likeness (QED) is 0.508. The number of rotatable bonds is 4. The summed E-state index contributed by atoms with van der Waals surface area (Å²) in [6.07, 6.45) is 4.03. The molecule has 3 aromatic rings. The summed E-state index contributed by atoms with van der Waals surface area (Å²) in [5, 5.41) is 8.22. The molecule has 2 heterocycles. The second kappa shape index (κ2) is 8.55. The van der Waals surface area contributed by atoms with Crippen LogP contribution in [0.25, 0.3) is 17.3 Å². The highest BCUT2D eigenvalue weighted by atomic mass is 35.5. The van der Waals surface area contributed by atoms with Crippen LogP contribution in [-0.4, -0.2) is 40.6 Å². The molecule has 2 aromatic carbocycles. The van der Waals surface area contributed by atoms with Gasteiger partial charge in [0.15, 0.2) is 0 Å². The van der Waals surface area contributed by atoms with Crippen LogP contribution in [0.2, 0.25) is 5.02 Å². The van der Waals surface area contributed by atoms with Gasteiger partial charge in [0.05, 0.1) is 18.4 Å². The molecule has 1 aliphatic rings. The SMILES string of the molecule is COC(=O)c1ccc(/C=C/C(=O)N2CCc3[nH]nc(-c4ccc(Cl)cc4)c3C2)cc1. The van der Waals surface area contributed by atoms with Gasteiger partial charge in [-0.15, -0.1) is 0 Å². The highest BCUT2D eigenvalue weighted by Gasteiger charge is 2.24. The topological polar surface area (TPSA) is 75.3 Å². The number of fused-ring (bicyclic) bond motifs is 1. The average molecular weight is 422 g/mol. The minimum absolute atomic E-state index is 0.0686. The molecule has 7 heteroatoms. The smallest absolute Gasteiger partial charge is 0.337 e. The first-order valence-corrected chi connectivity index (χ1v) is 9.90. The van der Waals surface area contributed by atoms with Crippen LogP contribution >= 0.6 is 11.6 Å². The van der Waals surface area contributed by atoms with Crippen LogP contribution in [0.15, 0.2) is 54.6 Å².